The summed E-state index contributed by atoms with van der Waals surface area (Å²) in [7, 11) is 0. The lowest BCUT2D eigenvalue weighted by atomic mass is 9.62. The summed E-state index contributed by atoms with van der Waals surface area (Å²) in [5, 5.41) is 31.2. The number of hydrogen-bond acceptors (Lipinski definition) is 4. The monoisotopic (exact) mass is 550 g/mol. The molecule has 2 fully saturated rings. The first-order valence-electron chi connectivity index (χ1n) is 12.3. The predicted molar refractivity (Wildman–Crippen MR) is 138 cm³/mol. The minimum atomic E-state index is -1.63. The molecule has 0 amide bonds. The standard InChI is InChI=1S/C28H30Cl2F2N2O3/c1-27(2,3)11-23-28(14-33,19-8-7-16(29)10-21(19)31)24(17-5-4-6-20(30)25(17)32)22(13-35)34(23)12-15-9-18(15)26(36)37/h4-8,10,15,18,22-24,35H,9,11-13H2,1-3H3,(H,36,37). The van der Waals surface area contributed by atoms with Crippen molar-refractivity contribution in [2.45, 2.75) is 57.0 Å². The molecular weight excluding hydrogens is 521 g/mol. The average molecular weight is 551 g/mol. The van der Waals surface area contributed by atoms with Gasteiger partial charge in [-0.1, -0.05) is 62.2 Å². The van der Waals surface area contributed by atoms with Crippen LogP contribution in [0.4, 0.5) is 8.78 Å². The second-order valence-corrected chi connectivity index (χ2v) is 12.2. The Morgan fingerprint density at radius 2 is 1.95 bits per heavy atom. The highest BCUT2D eigenvalue weighted by atomic mass is 35.5. The van der Waals surface area contributed by atoms with Crippen LogP contribution in [-0.2, 0) is 10.2 Å². The number of aliphatic hydroxyl groups excluding tert-OH is 1. The Hall–Kier alpha value is -2.24. The third-order valence-corrected chi connectivity index (χ3v) is 8.31. The summed E-state index contributed by atoms with van der Waals surface area (Å²) >= 11 is 12.2. The van der Waals surface area contributed by atoms with E-state index in [4.69, 9.17) is 23.2 Å². The van der Waals surface area contributed by atoms with Crippen molar-refractivity contribution in [1.29, 1.82) is 5.26 Å². The molecule has 2 aliphatic rings. The molecule has 2 aromatic rings. The molecule has 2 aromatic carbocycles. The van der Waals surface area contributed by atoms with E-state index >= 15 is 8.78 Å². The summed E-state index contributed by atoms with van der Waals surface area (Å²) in [4.78, 5) is 13.5. The number of carboxylic acid groups (broad SMARTS) is 1. The van der Waals surface area contributed by atoms with E-state index in [2.05, 4.69) is 6.07 Å². The molecule has 1 aliphatic heterocycles. The van der Waals surface area contributed by atoms with Crippen LogP contribution in [-0.4, -0.2) is 46.3 Å². The van der Waals surface area contributed by atoms with E-state index in [0.29, 0.717) is 12.8 Å². The van der Waals surface area contributed by atoms with Crippen LogP contribution in [0.25, 0.3) is 0 Å². The van der Waals surface area contributed by atoms with Crippen molar-refractivity contribution in [3.8, 4) is 6.07 Å². The van der Waals surface area contributed by atoms with E-state index in [1.54, 1.807) is 6.07 Å². The van der Waals surface area contributed by atoms with Gasteiger partial charge >= 0.3 is 5.97 Å². The number of halogens is 4. The largest absolute Gasteiger partial charge is 0.481 e. The van der Waals surface area contributed by atoms with Crippen LogP contribution >= 0.6 is 23.2 Å². The summed E-state index contributed by atoms with van der Waals surface area (Å²) in [5.41, 5.74) is -1.81. The van der Waals surface area contributed by atoms with Crippen molar-refractivity contribution in [2.24, 2.45) is 17.3 Å². The zero-order valence-electron chi connectivity index (χ0n) is 20.9. The molecule has 1 heterocycles. The predicted octanol–water partition coefficient (Wildman–Crippen LogP) is 6.02. The summed E-state index contributed by atoms with van der Waals surface area (Å²) in [6.07, 6.45) is 0.875. The van der Waals surface area contributed by atoms with Crippen molar-refractivity contribution >= 4 is 29.2 Å². The van der Waals surface area contributed by atoms with Gasteiger partial charge in [0.2, 0.25) is 0 Å². The summed E-state index contributed by atoms with van der Waals surface area (Å²) < 4.78 is 31.3. The number of hydrogen-bond donors (Lipinski definition) is 2. The Balaban J connectivity index is 2.00. The van der Waals surface area contributed by atoms with Crippen molar-refractivity contribution < 1.29 is 23.8 Å². The second kappa shape index (κ2) is 10.1. The Bertz CT molecular complexity index is 1240. The molecule has 2 N–H and O–H groups in total. The van der Waals surface area contributed by atoms with Gasteiger partial charge in [0.15, 0.2) is 0 Å². The molecule has 1 aliphatic carbocycles. The number of benzene rings is 2. The van der Waals surface area contributed by atoms with E-state index in [9.17, 15) is 20.3 Å². The van der Waals surface area contributed by atoms with Gasteiger partial charge in [0.05, 0.1) is 23.6 Å². The lowest BCUT2D eigenvalue weighted by Crippen LogP contribution is -2.47. The lowest BCUT2D eigenvalue weighted by Gasteiger charge is -2.39. The van der Waals surface area contributed by atoms with Gasteiger partial charge in [0.25, 0.3) is 0 Å². The number of likely N-dealkylation sites (tertiary alicyclic amines) is 1. The molecule has 5 nitrogen and oxygen atoms in total. The third kappa shape index (κ3) is 4.97. The normalized spacial score (nSPS) is 29.8. The average Bonchev–Trinajstić information content (AvgIpc) is 3.54. The summed E-state index contributed by atoms with van der Waals surface area (Å²) in [6, 6.07) is 9.50. The maximum Gasteiger partial charge on any atom is 0.306 e. The molecule has 0 spiro atoms. The first kappa shape index (κ1) is 27.8. The van der Waals surface area contributed by atoms with E-state index in [-0.39, 0.29) is 39.0 Å². The first-order valence-corrected chi connectivity index (χ1v) is 13.0. The number of nitriles is 1. The summed E-state index contributed by atoms with van der Waals surface area (Å²) in [6.45, 7) is 5.80. The molecule has 1 saturated carbocycles. The van der Waals surface area contributed by atoms with Crippen molar-refractivity contribution in [3.63, 3.8) is 0 Å². The molecule has 0 radical (unpaired) electrons. The Morgan fingerprint density at radius 1 is 1.24 bits per heavy atom. The van der Waals surface area contributed by atoms with Crippen molar-refractivity contribution in [2.75, 3.05) is 13.2 Å². The van der Waals surface area contributed by atoms with Gasteiger partial charge in [-0.05, 0) is 47.9 Å². The highest BCUT2D eigenvalue weighted by Crippen LogP contribution is 2.57. The highest BCUT2D eigenvalue weighted by Gasteiger charge is 2.63. The van der Waals surface area contributed by atoms with Crippen molar-refractivity contribution in [1.82, 2.24) is 4.90 Å². The molecule has 198 valence electrons. The third-order valence-electron chi connectivity index (χ3n) is 7.78. The van der Waals surface area contributed by atoms with Crippen LogP contribution in [0.15, 0.2) is 36.4 Å². The molecule has 4 rings (SSSR count). The van der Waals surface area contributed by atoms with Crippen LogP contribution in [0, 0.1) is 40.2 Å². The topological polar surface area (TPSA) is 84.6 Å². The fourth-order valence-electron chi connectivity index (χ4n) is 6.14. The Labute approximate surface area is 225 Å². The maximum atomic E-state index is 15.7. The lowest BCUT2D eigenvalue weighted by molar-refractivity contribution is -0.138. The molecule has 0 aromatic heterocycles. The molecule has 9 heteroatoms. The maximum absolute atomic E-state index is 15.7. The van der Waals surface area contributed by atoms with Crippen LogP contribution in [0.3, 0.4) is 0 Å². The smallest absolute Gasteiger partial charge is 0.306 e. The fourth-order valence-corrected chi connectivity index (χ4v) is 6.48. The molecule has 37 heavy (non-hydrogen) atoms. The van der Waals surface area contributed by atoms with Gasteiger partial charge in [-0.2, -0.15) is 5.26 Å². The molecule has 6 atom stereocenters. The summed E-state index contributed by atoms with van der Waals surface area (Å²) in [5.74, 6) is -4.04. The number of aliphatic hydroxyl groups is 1. The highest BCUT2D eigenvalue weighted by molar-refractivity contribution is 6.31. The van der Waals surface area contributed by atoms with Gasteiger partial charge < -0.3 is 10.2 Å². The number of carboxylic acids is 1. The number of nitrogens with zero attached hydrogens (tertiary/aromatic N) is 2. The minimum Gasteiger partial charge on any atom is -0.481 e. The van der Waals surface area contributed by atoms with Gasteiger partial charge in [-0.25, -0.2) is 8.78 Å². The van der Waals surface area contributed by atoms with Gasteiger partial charge in [0, 0.05) is 35.1 Å². The van der Waals surface area contributed by atoms with Gasteiger partial charge in [-0.3, -0.25) is 9.69 Å². The van der Waals surface area contributed by atoms with E-state index in [1.807, 2.05) is 25.7 Å². The van der Waals surface area contributed by atoms with Crippen LogP contribution in [0.2, 0.25) is 10.0 Å². The Kier molecular flexibility index (Phi) is 7.62. The molecule has 0 bridgehead atoms. The van der Waals surface area contributed by atoms with E-state index < -0.39 is 53.5 Å². The Morgan fingerprint density at radius 3 is 2.49 bits per heavy atom. The second-order valence-electron chi connectivity index (χ2n) is 11.4. The molecular formula is C28H30Cl2F2N2O3. The number of carbonyl (C=O) groups is 1. The van der Waals surface area contributed by atoms with E-state index in [1.165, 1.54) is 24.3 Å². The minimum absolute atomic E-state index is 0.0598. The SMILES string of the molecule is CC(C)(C)CC1N(CC2CC2C(=O)O)C(CO)C(c2cccc(Cl)c2F)C1(C#N)c1ccc(Cl)cc1F. The fraction of sp³-hybridized carbons (Fsp3) is 0.500. The zero-order valence-corrected chi connectivity index (χ0v) is 22.4. The quantitative estimate of drug-likeness (QED) is 0.440. The van der Waals surface area contributed by atoms with E-state index in [0.717, 1.165) is 6.07 Å². The van der Waals surface area contributed by atoms with Crippen LogP contribution in [0.1, 0.15) is 50.7 Å². The van der Waals surface area contributed by atoms with Gasteiger partial charge in [-0.15, -0.1) is 0 Å². The van der Waals surface area contributed by atoms with Crippen molar-refractivity contribution in [3.05, 3.63) is 69.2 Å². The first-order chi connectivity index (χ1) is 17.4. The van der Waals surface area contributed by atoms with Crippen LogP contribution < -0.4 is 0 Å². The zero-order chi connectivity index (χ0) is 27.3. The molecule has 1 saturated heterocycles. The molecule has 6 unspecified atom stereocenters. The van der Waals surface area contributed by atoms with Crippen LogP contribution in [0.5, 0.6) is 0 Å². The van der Waals surface area contributed by atoms with Gasteiger partial charge in [0.1, 0.15) is 17.0 Å². The number of aliphatic carboxylic acids is 1. The number of rotatable bonds is 7.